The SMILES string of the molecule is Cc1cc(C#N)ccc1NC1CN(C(=O)OC(C)(C)C)C1. The maximum atomic E-state index is 11.8. The molecule has 0 radical (unpaired) electrons. The van der Waals surface area contributed by atoms with Crippen LogP contribution in [0.3, 0.4) is 0 Å². The van der Waals surface area contributed by atoms with Crippen LogP contribution in [0, 0.1) is 18.3 Å². The van der Waals surface area contributed by atoms with Crippen molar-refractivity contribution in [2.24, 2.45) is 0 Å². The summed E-state index contributed by atoms with van der Waals surface area (Å²) in [6.07, 6.45) is -0.267. The summed E-state index contributed by atoms with van der Waals surface area (Å²) >= 11 is 0. The van der Waals surface area contributed by atoms with Gasteiger partial charge in [-0.25, -0.2) is 4.79 Å². The van der Waals surface area contributed by atoms with Crippen LogP contribution in [-0.4, -0.2) is 35.7 Å². The van der Waals surface area contributed by atoms with Crippen molar-refractivity contribution in [3.05, 3.63) is 29.3 Å². The second kappa shape index (κ2) is 5.65. The number of rotatable bonds is 2. The van der Waals surface area contributed by atoms with Gasteiger partial charge in [0.05, 0.1) is 17.7 Å². The zero-order valence-electron chi connectivity index (χ0n) is 12.9. The molecule has 1 aromatic rings. The molecule has 1 heterocycles. The molecule has 1 amide bonds. The van der Waals surface area contributed by atoms with Crippen molar-refractivity contribution >= 4 is 11.8 Å². The molecule has 2 rings (SSSR count). The molecule has 112 valence electrons. The van der Waals surface area contributed by atoms with Crippen molar-refractivity contribution in [1.82, 2.24) is 4.90 Å². The van der Waals surface area contributed by atoms with Crippen molar-refractivity contribution in [2.45, 2.75) is 39.3 Å². The minimum atomic E-state index is -0.459. The quantitative estimate of drug-likeness (QED) is 0.908. The Labute approximate surface area is 125 Å². The number of carbonyl (C=O) groups excluding carboxylic acids is 1. The highest BCUT2D eigenvalue weighted by molar-refractivity contribution is 5.70. The van der Waals surface area contributed by atoms with E-state index in [2.05, 4.69) is 11.4 Å². The second-order valence-electron chi connectivity index (χ2n) is 6.37. The van der Waals surface area contributed by atoms with Crippen molar-refractivity contribution in [1.29, 1.82) is 5.26 Å². The molecule has 0 spiro atoms. The fourth-order valence-corrected chi connectivity index (χ4v) is 2.16. The van der Waals surface area contributed by atoms with E-state index in [1.54, 1.807) is 11.0 Å². The van der Waals surface area contributed by atoms with Gasteiger partial charge < -0.3 is 15.0 Å². The lowest BCUT2D eigenvalue weighted by Gasteiger charge is -2.40. The molecule has 21 heavy (non-hydrogen) atoms. The molecule has 1 fully saturated rings. The number of nitrogens with zero attached hydrogens (tertiary/aromatic N) is 2. The van der Waals surface area contributed by atoms with E-state index in [1.807, 2.05) is 39.8 Å². The molecular formula is C16H21N3O2. The maximum Gasteiger partial charge on any atom is 0.410 e. The Bertz CT molecular complexity index is 578. The molecule has 0 aromatic heterocycles. The third-order valence-corrected chi connectivity index (χ3v) is 3.25. The average molecular weight is 287 g/mol. The second-order valence-corrected chi connectivity index (χ2v) is 6.37. The van der Waals surface area contributed by atoms with Crippen molar-refractivity contribution < 1.29 is 9.53 Å². The average Bonchev–Trinajstić information content (AvgIpc) is 2.32. The van der Waals surface area contributed by atoms with Crippen LogP contribution in [0.5, 0.6) is 0 Å². The topological polar surface area (TPSA) is 65.4 Å². The van der Waals surface area contributed by atoms with Gasteiger partial charge in [-0.2, -0.15) is 5.26 Å². The van der Waals surface area contributed by atoms with E-state index < -0.39 is 5.60 Å². The Morgan fingerprint density at radius 1 is 1.43 bits per heavy atom. The van der Waals surface area contributed by atoms with Crippen molar-refractivity contribution in [2.75, 3.05) is 18.4 Å². The largest absolute Gasteiger partial charge is 0.444 e. The maximum absolute atomic E-state index is 11.8. The van der Waals surface area contributed by atoms with Crippen LogP contribution in [0.4, 0.5) is 10.5 Å². The van der Waals surface area contributed by atoms with E-state index in [-0.39, 0.29) is 12.1 Å². The van der Waals surface area contributed by atoms with E-state index in [1.165, 1.54) is 0 Å². The number of carbonyl (C=O) groups is 1. The number of benzene rings is 1. The minimum Gasteiger partial charge on any atom is -0.444 e. The van der Waals surface area contributed by atoms with Gasteiger partial charge in [0.25, 0.3) is 0 Å². The fourth-order valence-electron chi connectivity index (χ4n) is 2.16. The summed E-state index contributed by atoms with van der Waals surface area (Å²) in [6, 6.07) is 7.90. The van der Waals surface area contributed by atoms with Crippen LogP contribution >= 0.6 is 0 Å². The molecule has 1 aliphatic rings. The lowest BCUT2D eigenvalue weighted by Crippen LogP contribution is -2.58. The van der Waals surface area contributed by atoms with E-state index in [9.17, 15) is 4.79 Å². The number of amides is 1. The number of aryl methyl sites for hydroxylation is 1. The van der Waals surface area contributed by atoms with Crippen LogP contribution in [0.2, 0.25) is 0 Å². The Balaban J connectivity index is 1.86. The van der Waals surface area contributed by atoms with Crippen LogP contribution < -0.4 is 5.32 Å². The Hall–Kier alpha value is -2.22. The zero-order chi connectivity index (χ0) is 15.6. The third kappa shape index (κ3) is 3.88. The summed E-state index contributed by atoms with van der Waals surface area (Å²) in [5.41, 5.74) is 2.23. The summed E-state index contributed by atoms with van der Waals surface area (Å²) in [5, 5.41) is 12.2. The highest BCUT2D eigenvalue weighted by atomic mass is 16.6. The first-order chi connectivity index (χ1) is 9.78. The van der Waals surface area contributed by atoms with E-state index in [0.717, 1.165) is 11.3 Å². The Morgan fingerprint density at radius 2 is 2.10 bits per heavy atom. The number of hydrogen-bond donors (Lipinski definition) is 1. The van der Waals surface area contributed by atoms with Crippen molar-refractivity contribution in [3.63, 3.8) is 0 Å². The number of nitriles is 1. The molecule has 0 saturated carbocycles. The van der Waals surface area contributed by atoms with Gasteiger partial charge in [-0.3, -0.25) is 0 Å². The predicted molar refractivity (Wildman–Crippen MR) is 81.1 cm³/mol. The van der Waals surface area contributed by atoms with Gasteiger partial charge in [-0.05, 0) is 51.5 Å². The Kier molecular flexibility index (Phi) is 4.08. The van der Waals surface area contributed by atoms with Gasteiger partial charge in [-0.1, -0.05) is 0 Å². The van der Waals surface area contributed by atoms with Gasteiger partial charge in [0.15, 0.2) is 0 Å². The number of hydrogen-bond acceptors (Lipinski definition) is 4. The Morgan fingerprint density at radius 3 is 2.62 bits per heavy atom. The third-order valence-electron chi connectivity index (χ3n) is 3.25. The predicted octanol–water partition coefficient (Wildman–Crippen LogP) is 2.90. The minimum absolute atomic E-state index is 0.226. The number of likely N-dealkylation sites (tertiary alicyclic amines) is 1. The first-order valence-electron chi connectivity index (χ1n) is 7.04. The van der Waals surface area contributed by atoms with Crippen LogP contribution in [0.15, 0.2) is 18.2 Å². The van der Waals surface area contributed by atoms with E-state index in [0.29, 0.717) is 18.7 Å². The first kappa shape index (κ1) is 15.2. The fraction of sp³-hybridized carbons (Fsp3) is 0.500. The standard InChI is InChI=1S/C16H21N3O2/c1-11-7-12(8-17)5-6-14(11)18-13-9-19(10-13)15(20)21-16(2,3)4/h5-7,13,18H,9-10H2,1-4H3. The highest BCUT2D eigenvalue weighted by Gasteiger charge is 2.33. The molecule has 5 heteroatoms. The molecule has 1 saturated heterocycles. The number of anilines is 1. The first-order valence-corrected chi connectivity index (χ1v) is 7.04. The van der Waals surface area contributed by atoms with Gasteiger partial charge in [0, 0.05) is 18.8 Å². The van der Waals surface area contributed by atoms with E-state index in [4.69, 9.17) is 10.00 Å². The highest BCUT2D eigenvalue weighted by Crippen LogP contribution is 2.21. The molecule has 0 bridgehead atoms. The summed E-state index contributed by atoms with van der Waals surface area (Å²) < 4.78 is 5.32. The van der Waals surface area contributed by atoms with Crippen molar-refractivity contribution in [3.8, 4) is 6.07 Å². The zero-order valence-corrected chi connectivity index (χ0v) is 12.9. The molecular weight excluding hydrogens is 266 g/mol. The summed E-state index contributed by atoms with van der Waals surface area (Å²) in [5.74, 6) is 0. The lowest BCUT2D eigenvalue weighted by atomic mass is 10.1. The molecule has 1 N–H and O–H groups in total. The number of ether oxygens (including phenoxy) is 1. The molecule has 1 aliphatic heterocycles. The molecule has 0 unspecified atom stereocenters. The normalized spacial score (nSPS) is 15.1. The van der Waals surface area contributed by atoms with Gasteiger partial charge in [0.1, 0.15) is 5.60 Å². The smallest absolute Gasteiger partial charge is 0.410 e. The summed E-state index contributed by atoms with van der Waals surface area (Å²) in [7, 11) is 0. The van der Waals surface area contributed by atoms with E-state index >= 15 is 0 Å². The molecule has 1 aromatic carbocycles. The van der Waals surface area contributed by atoms with Crippen LogP contribution in [-0.2, 0) is 4.74 Å². The molecule has 0 atom stereocenters. The summed E-state index contributed by atoms with van der Waals surface area (Å²) in [4.78, 5) is 13.5. The van der Waals surface area contributed by atoms with Crippen LogP contribution in [0.25, 0.3) is 0 Å². The van der Waals surface area contributed by atoms with Gasteiger partial charge in [-0.15, -0.1) is 0 Å². The molecule has 0 aliphatic carbocycles. The lowest BCUT2D eigenvalue weighted by molar-refractivity contribution is 0.0105. The van der Waals surface area contributed by atoms with Gasteiger partial charge >= 0.3 is 6.09 Å². The summed E-state index contributed by atoms with van der Waals surface area (Å²) in [6.45, 7) is 8.82. The number of nitrogens with one attached hydrogen (secondary N) is 1. The molecule has 5 nitrogen and oxygen atoms in total. The monoisotopic (exact) mass is 287 g/mol. The van der Waals surface area contributed by atoms with Gasteiger partial charge in [0.2, 0.25) is 0 Å². The van der Waals surface area contributed by atoms with Crippen LogP contribution in [0.1, 0.15) is 31.9 Å².